The highest BCUT2D eigenvalue weighted by Gasteiger charge is 2.19. The van der Waals surface area contributed by atoms with Crippen molar-refractivity contribution in [2.45, 2.75) is 13.0 Å². The summed E-state index contributed by atoms with van der Waals surface area (Å²) in [7, 11) is 1.34. The third-order valence-electron chi connectivity index (χ3n) is 4.79. The van der Waals surface area contributed by atoms with Crippen molar-refractivity contribution in [3.05, 3.63) is 101 Å². The van der Waals surface area contributed by atoms with Gasteiger partial charge in [-0.15, -0.1) is 0 Å². The molecular formula is C24H25N2O3+. The van der Waals surface area contributed by atoms with Crippen molar-refractivity contribution in [2.75, 3.05) is 19.0 Å². The van der Waals surface area contributed by atoms with Gasteiger partial charge in [-0.2, -0.15) is 0 Å². The van der Waals surface area contributed by atoms with Crippen LogP contribution in [-0.2, 0) is 9.53 Å². The van der Waals surface area contributed by atoms with E-state index in [1.807, 2.05) is 48.6 Å². The Labute approximate surface area is 170 Å². The molecule has 0 atom stereocenters. The number of rotatable bonds is 7. The molecule has 0 heterocycles. The van der Waals surface area contributed by atoms with Crippen LogP contribution in [-0.4, -0.2) is 25.5 Å². The topological polar surface area (TPSA) is 72.0 Å². The number of nitrogens with one attached hydrogen (secondary N) is 1. The number of carbonyl (C=O) groups excluding carboxylic acids is 2. The van der Waals surface area contributed by atoms with Crippen molar-refractivity contribution in [3.63, 3.8) is 0 Å². The number of anilines is 1. The van der Waals surface area contributed by atoms with Gasteiger partial charge in [0.05, 0.1) is 12.7 Å². The zero-order valence-corrected chi connectivity index (χ0v) is 16.6. The van der Waals surface area contributed by atoms with Crippen molar-refractivity contribution >= 4 is 17.6 Å². The number of hydrogen-bond donors (Lipinski definition) is 2. The van der Waals surface area contributed by atoms with E-state index >= 15 is 0 Å². The quantitative estimate of drug-likeness (QED) is 0.610. The Balaban J connectivity index is 1.72. The lowest BCUT2D eigenvalue weighted by atomic mass is 9.99. The molecule has 0 spiro atoms. The van der Waals surface area contributed by atoms with Crippen molar-refractivity contribution in [1.82, 2.24) is 0 Å². The van der Waals surface area contributed by atoms with Crippen molar-refractivity contribution in [2.24, 2.45) is 0 Å². The number of hydrogen-bond acceptors (Lipinski definition) is 3. The molecule has 0 radical (unpaired) electrons. The van der Waals surface area contributed by atoms with Gasteiger partial charge in [-0.3, -0.25) is 4.79 Å². The number of ether oxygens (including phenoxy) is 1. The molecule has 0 unspecified atom stereocenters. The average molecular weight is 389 g/mol. The van der Waals surface area contributed by atoms with E-state index in [1.54, 1.807) is 18.2 Å². The zero-order valence-electron chi connectivity index (χ0n) is 16.6. The second-order valence-corrected chi connectivity index (χ2v) is 6.81. The fourth-order valence-electron chi connectivity index (χ4n) is 3.21. The number of amides is 1. The van der Waals surface area contributed by atoms with Gasteiger partial charge in [0.15, 0.2) is 6.54 Å². The SMILES string of the molecule is COC(=O)c1ccc(C)c(NC(=O)C[NH2+]C(c2ccccc2)c2ccccc2)c1. The number of carbonyl (C=O) groups is 2. The van der Waals surface area contributed by atoms with Crippen LogP contribution in [0.15, 0.2) is 78.9 Å². The predicted molar refractivity (Wildman–Crippen MR) is 113 cm³/mol. The highest BCUT2D eigenvalue weighted by atomic mass is 16.5. The summed E-state index contributed by atoms with van der Waals surface area (Å²) < 4.78 is 4.76. The van der Waals surface area contributed by atoms with Crippen LogP contribution >= 0.6 is 0 Å². The lowest BCUT2D eigenvalue weighted by molar-refractivity contribution is -0.676. The van der Waals surface area contributed by atoms with Crippen LogP contribution in [0.2, 0.25) is 0 Å². The maximum absolute atomic E-state index is 12.6. The molecule has 1 amide bonds. The van der Waals surface area contributed by atoms with Gasteiger partial charge < -0.3 is 15.4 Å². The van der Waals surface area contributed by atoms with E-state index in [0.29, 0.717) is 11.3 Å². The van der Waals surface area contributed by atoms with E-state index in [4.69, 9.17) is 4.74 Å². The lowest BCUT2D eigenvalue weighted by Gasteiger charge is -2.17. The van der Waals surface area contributed by atoms with E-state index < -0.39 is 5.97 Å². The van der Waals surface area contributed by atoms with Crippen LogP contribution in [0.4, 0.5) is 5.69 Å². The minimum atomic E-state index is -0.430. The van der Waals surface area contributed by atoms with E-state index in [2.05, 4.69) is 29.6 Å². The Kier molecular flexibility index (Phi) is 6.76. The standard InChI is InChI=1S/C24H24N2O3/c1-17-13-14-20(24(28)29-2)15-21(17)26-22(27)16-25-23(18-9-5-3-6-10-18)19-11-7-4-8-12-19/h3-15,23,25H,16H2,1-2H3,(H,26,27)/p+1. The molecule has 0 aliphatic carbocycles. The molecule has 3 aromatic carbocycles. The highest BCUT2D eigenvalue weighted by Crippen LogP contribution is 2.19. The summed E-state index contributed by atoms with van der Waals surface area (Å²) in [5.74, 6) is -0.563. The molecule has 29 heavy (non-hydrogen) atoms. The number of quaternary nitrogens is 1. The maximum atomic E-state index is 12.6. The first-order valence-electron chi connectivity index (χ1n) is 9.50. The molecular weight excluding hydrogens is 364 g/mol. The Hall–Kier alpha value is -3.44. The summed E-state index contributed by atoms with van der Waals surface area (Å²) in [5, 5.41) is 4.92. The van der Waals surface area contributed by atoms with E-state index in [9.17, 15) is 9.59 Å². The zero-order chi connectivity index (χ0) is 20.6. The smallest absolute Gasteiger partial charge is 0.337 e. The summed E-state index contributed by atoms with van der Waals surface area (Å²) in [6.45, 7) is 2.13. The number of methoxy groups -OCH3 is 1. The minimum absolute atomic E-state index is 0.0191. The molecule has 0 aromatic heterocycles. The van der Waals surface area contributed by atoms with Gasteiger partial charge in [0.25, 0.3) is 5.91 Å². The van der Waals surface area contributed by atoms with Gasteiger partial charge in [0, 0.05) is 16.8 Å². The summed E-state index contributed by atoms with van der Waals surface area (Å²) in [4.78, 5) is 24.4. The molecule has 148 valence electrons. The largest absolute Gasteiger partial charge is 0.465 e. The van der Waals surface area contributed by atoms with Crippen LogP contribution in [0.5, 0.6) is 0 Å². The second-order valence-electron chi connectivity index (χ2n) is 6.81. The first kappa shape index (κ1) is 20.3. The number of nitrogens with two attached hydrogens (primary N) is 1. The van der Waals surface area contributed by atoms with Gasteiger partial charge in [0.1, 0.15) is 6.04 Å². The van der Waals surface area contributed by atoms with Crippen molar-refractivity contribution in [3.8, 4) is 0 Å². The van der Waals surface area contributed by atoms with Crippen LogP contribution in [0.3, 0.4) is 0 Å². The van der Waals surface area contributed by atoms with E-state index in [1.165, 1.54) is 7.11 Å². The van der Waals surface area contributed by atoms with Crippen LogP contribution in [0.25, 0.3) is 0 Å². The first-order valence-corrected chi connectivity index (χ1v) is 9.50. The van der Waals surface area contributed by atoms with Gasteiger partial charge >= 0.3 is 5.97 Å². The molecule has 3 N–H and O–H groups in total. The monoisotopic (exact) mass is 389 g/mol. The Morgan fingerprint density at radius 3 is 2.07 bits per heavy atom. The van der Waals surface area contributed by atoms with Crippen LogP contribution in [0.1, 0.15) is 33.1 Å². The van der Waals surface area contributed by atoms with Gasteiger partial charge in [-0.1, -0.05) is 66.7 Å². The van der Waals surface area contributed by atoms with Crippen LogP contribution < -0.4 is 10.6 Å². The molecule has 3 rings (SSSR count). The van der Waals surface area contributed by atoms with Crippen molar-refractivity contribution in [1.29, 1.82) is 0 Å². The van der Waals surface area contributed by atoms with Crippen molar-refractivity contribution < 1.29 is 19.6 Å². The van der Waals surface area contributed by atoms with E-state index in [0.717, 1.165) is 16.7 Å². The molecule has 0 saturated carbocycles. The molecule has 5 heteroatoms. The molecule has 0 fully saturated rings. The molecule has 0 bridgehead atoms. The molecule has 5 nitrogen and oxygen atoms in total. The highest BCUT2D eigenvalue weighted by molar-refractivity contribution is 5.95. The normalized spacial score (nSPS) is 10.6. The van der Waals surface area contributed by atoms with Gasteiger partial charge in [-0.05, 0) is 24.6 Å². The number of esters is 1. The summed E-state index contributed by atoms with van der Waals surface area (Å²) >= 11 is 0. The fraction of sp³-hybridized carbons (Fsp3) is 0.167. The number of benzene rings is 3. The molecule has 0 saturated heterocycles. The maximum Gasteiger partial charge on any atom is 0.337 e. The summed E-state index contributed by atoms with van der Waals surface area (Å²) in [5.41, 5.74) is 4.17. The average Bonchev–Trinajstić information content (AvgIpc) is 2.76. The molecule has 0 aliphatic rings. The predicted octanol–water partition coefficient (Wildman–Crippen LogP) is 3.07. The van der Waals surface area contributed by atoms with Gasteiger partial charge in [0.2, 0.25) is 0 Å². The minimum Gasteiger partial charge on any atom is -0.465 e. The number of aryl methyl sites for hydroxylation is 1. The Morgan fingerprint density at radius 1 is 0.931 bits per heavy atom. The third kappa shape index (κ3) is 5.30. The Morgan fingerprint density at radius 2 is 1.52 bits per heavy atom. The Bertz CT molecular complexity index is 932. The van der Waals surface area contributed by atoms with E-state index in [-0.39, 0.29) is 18.5 Å². The first-order chi connectivity index (χ1) is 14.1. The molecule has 3 aromatic rings. The lowest BCUT2D eigenvalue weighted by Crippen LogP contribution is -2.87. The second kappa shape index (κ2) is 9.66. The summed E-state index contributed by atoms with van der Waals surface area (Å²) in [6.07, 6.45) is 0. The molecule has 0 aliphatic heterocycles. The third-order valence-corrected chi connectivity index (χ3v) is 4.79. The van der Waals surface area contributed by atoms with Gasteiger partial charge in [-0.25, -0.2) is 4.79 Å². The summed E-state index contributed by atoms with van der Waals surface area (Å²) in [6, 6.07) is 25.4. The van der Waals surface area contributed by atoms with Crippen LogP contribution in [0, 0.1) is 6.92 Å². The fourth-order valence-corrected chi connectivity index (χ4v) is 3.21.